The summed E-state index contributed by atoms with van der Waals surface area (Å²) in [5, 5.41) is 0. The zero-order chi connectivity index (χ0) is 12.4. The summed E-state index contributed by atoms with van der Waals surface area (Å²) in [4.78, 5) is 0. The van der Waals surface area contributed by atoms with Gasteiger partial charge in [-0.15, -0.1) is 12.4 Å². The molecular formula is C16H18ClNO. The van der Waals surface area contributed by atoms with Crippen molar-refractivity contribution in [3.8, 4) is 5.75 Å². The molecular weight excluding hydrogens is 258 g/mol. The van der Waals surface area contributed by atoms with E-state index in [-0.39, 0.29) is 18.4 Å². The summed E-state index contributed by atoms with van der Waals surface area (Å²) in [6.07, 6.45) is 1.88. The average molecular weight is 276 g/mol. The second kappa shape index (κ2) is 6.09. The highest BCUT2D eigenvalue weighted by atomic mass is 35.5. The second-order valence-corrected chi connectivity index (χ2v) is 4.76. The molecule has 0 aromatic heterocycles. The molecule has 0 bridgehead atoms. The van der Waals surface area contributed by atoms with Gasteiger partial charge in [-0.1, -0.05) is 42.5 Å². The fourth-order valence-electron chi connectivity index (χ4n) is 2.42. The van der Waals surface area contributed by atoms with Gasteiger partial charge < -0.3 is 10.5 Å². The Labute approximate surface area is 120 Å². The summed E-state index contributed by atoms with van der Waals surface area (Å²) < 4.78 is 5.51. The van der Waals surface area contributed by atoms with Gasteiger partial charge in [0.1, 0.15) is 5.75 Å². The van der Waals surface area contributed by atoms with Crippen LogP contribution in [0.5, 0.6) is 5.75 Å². The van der Waals surface area contributed by atoms with Crippen LogP contribution in [-0.2, 0) is 12.8 Å². The van der Waals surface area contributed by atoms with E-state index in [1.807, 2.05) is 12.1 Å². The molecule has 2 N–H and O–H groups in total. The summed E-state index contributed by atoms with van der Waals surface area (Å²) in [5.74, 6) is 1.02. The molecule has 1 unspecified atom stereocenters. The third-order valence-electron chi connectivity index (χ3n) is 3.44. The Kier molecular flexibility index (Phi) is 4.46. The third-order valence-corrected chi connectivity index (χ3v) is 3.44. The van der Waals surface area contributed by atoms with Crippen LogP contribution in [0.4, 0.5) is 0 Å². The first-order chi connectivity index (χ1) is 8.83. The first-order valence-corrected chi connectivity index (χ1v) is 6.38. The van der Waals surface area contributed by atoms with Crippen molar-refractivity contribution in [1.82, 2.24) is 0 Å². The predicted molar refractivity (Wildman–Crippen MR) is 80.0 cm³/mol. The molecule has 1 atom stereocenters. The SMILES string of the molecule is Cl.NC(Cc1ccccc1)c1ccc2c(c1)CCO2. The summed E-state index contributed by atoms with van der Waals surface area (Å²) in [5.41, 5.74) is 10.0. The zero-order valence-electron chi connectivity index (χ0n) is 10.7. The van der Waals surface area contributed by atoms with Crippen LogP contribution in [0.25, 0.3) is 0 Å². The maximum atomic E-state index is 6.28. The Morgan fingerprint density at radius 3 is 2.68 bits per heavy atom. The molecule has 1 heterocycles. The van der Waals surface area contributed by atoms with E-state index < -0.39 is 0 Å². The molecule has 19 heavy (non-hydrogen) atoms. The van der Waals surface area contributed by atoms with Crippen LogP contribution in [0.15, 0.2) is 48.5 Å². The lowest BCUT2D eigenvalue weighted by molar-refractivity contribution is 0.357. The number of rotatable bonds is 3. The number of hydrogen-bond donors (Lipinski definition) is 1. The lowest BCUT2D eigenvalue weighted by Crippen LogP contribution is -2.13. The monoisotopic (exact) mass is 275 g/mol. The van der Waals surface area contributed by atoms with Crippen molar-refractivity contribution >= 4 is 12.4 Å². The lowest BCUT2D eigenvalue weighted by Gasteiger charge is -2.13. The Balaban J connectivity index is 0.00000133. The first kappa shape index (κ1) is 13.9. The van der Waals surface area contributed by atoms with Crippen LogP contribution >= 0.6 is 12.4 Å². The Hall–Kier alpha value is -1.51. The van der Waals surface area contributed by atoms with Gasteiger partial charge in [0.25, 0.3) is 0 Å². The van der Waals surface area contributed by atoms with Crippen molar-refractivity contribution in [2.24, 2.45) is 5.73 Å². The highest BCUT2D eigenvalue weighted by Crippen LogP contribution is 2.28. The fourth-order valence-corrected chi connectivity index (χ4v) is 2.42. The van der Waals surface area contributed by atoms with Gasteiger partial charge in [-0.3, -0.25) is 0 Å². The average Bonchev–Trinajstić information content (AvgIpc) is 2.87. The van der Waals surface area contributed by atoms with Crippen molar-refractivity contribution in [3.05, 3.63) is 65.2 Å². The zero-order valence-corrected chi connectivity index (χ0v) is 11.5. The molecule has 100 valence electrons. The van der Waals surface area contributed by atoms with Crippen LogP contribution in [0.1, 0.15) is 22.7 Å². The van der Waals surface area contributed by atoms with E-state index in [1.165, 1.54) is 16.7 Å². The molecule has 2 aromatic rings. The smallest absolute Gasteiger partial charge is 0.122 e. The second-order valence-electron chi connectivity index (χ2n) is 4.76. The van der Waals surface area contributed by atoms with E-state index in [9.17, 15) is 0 Å². The molecule has 0 saturated carbocycles. The van der Waals surface area contributed by atoms with Gasteiger partial charge in [-0.25, -0.2) is 0 Å². The minimum Gasteiger partial charge on any atom is -0.493 e. The topological polar surface area (TPSA) is 35.2 Å². The van der Waals surface area contributed by atoms with E-state index in [4.69, 9.17) is 10.5 Å². The first-order valence-electron chi connectivity index (χ1n) is 6.38. The molecule has 2 aromatic carbocycles. The van der Waals surface area contributed by atoms with Crippen molar-refractivity contribution in [2.75, 3.05) is 6.61 Å². The van der Waals surface area contributed by atoms with E-state index in [0.29, 0.717) is 0 Å². The van der Waals surface area contributed by atoms with Crippen molar-refractivity contribution in [3.63, 3.8) is 0 Å². The van der Waals surface area contributed by atoms with Crippen LogP contribution in [0.3, 0.4) is 0 Å². The fraction of sp³-hybridized carbons (Fsp3) is 0.250. The predicted octanol–water partition coefficient (Wildman–Crippen LogP) is 3.29. The number of benzene rings is 2. The highest BCUT2D eigenvalue weighted by Gasteiger charge is 2.14. The number of halogens is 1. The summed E-state index contributed by atoms with van der Waals surface area (Å²) in [7, 11) is 0. The number of hydrogen-bond acceptors (Lipinski definition) is 2. The number of nitrogens with two attached hydrogens (primary N) is 1. The van der Waals surface area contributed by atoms with Crippen LogP contribution < -0.4 is 10.5 Å². The molecule has 0 fully saturated rings. The van der Waals surface area contributed by atoms with Crippen molar-refractivity contribution in [1.29, 1.82) is 0 Å². The summed E-state index contributed by atoms with van der Waals surface area (Å²) in [6, 6.07) is 16.8. The van der Waals surface area contributed by atoms with Crippen LogP contribution in [-0.4, -0.2) is 6.61 Å². The standard InChI is InChI=1S/C16H17NO.ClH/c17-15(10-12-4-2-1-3-5-12)13-6-7-16-14(11-13)8-9-18-16;/h1-7,11,15H,8-10,17H2;1H. The Bertz CT molecular complexity index is 542. The van der Waals surface area contributed by atoms with Crippen LogP contribution in [0.2, 0.25) is 0 Å². The third kappa shape index (κ3) is 3.09. The van der Waals surface area contributed by atoms with E-state index in [0.717, 1.165) is 25.2 Å². The summed E-state index contributed by atoms with van der Waals surface area (Å²) in [6.45, 7) is 0.798. The Morgan fingerprint density at radius 2 is 1.89 bits per heavy atom. The molecule has 0 radical (unpaired) electrons. The maximum Gasteiger partial charge on any atom is 0.122 e. The van der Waals surface area contributed by atoms with Gasteiger partial charge in [-0.05, 0) is 29.2 Å². The van der Waals surface area contributed by atoms with E-state index in [1.54, 1.807) is 0 Å². The van der Waals surface area contributed by atoms with Gasteiger partial charge in [-0.2, -0.15) is 0 Å². The van der Waals surface area contributed by atoms with Gasteiger partial charge in [0.05, 0.1) is 6.61 Å². The molecule has 0 saturated heterocycles. The van der Waals surface area contributed by atoms with Crippen LogP contribution in [0, 0.1) is 0 Å². The molecule has 2 nitrogen and oxygen atoms in total. The largest absolute Gasteiger partial charge is 0.493 e. The number of fused-ring (bicyclic) bond motifs is 1. The minimum absolute atomic E-state index is 0. The normalized spacial score (nSPS) is 14.2. The highest BCUT2D eigenvalue weighted by molar-refractivity contribution is 5.85. The Morgan fingerprint density at radius 1 is 1.11 bits per heavy atom. The summed E-state index contributed by atoms with van der Waals surface area (Å²) >= 11 is 0. The molecule has 0 amide bonds. The molecule has 1 aliphatic heterocycles. The number of ether oxygens (including phenoxy) is 1. The molecule has 3 heteroatoms. The van der Waals surface area contributed by atoms with Gasteiger partial charge >= 0.3 is 0 Å². The molecule has 3 rings (SSSR count). The quantitative estimate of drug-likeness (QED) is 0.933. The van der Waals surface area contributed by atoms with E-state index in [2.05, 4.69) is 36.4 Å². The van der Waals surface area contributed by atoms with Gasteiger partial charge in [0.15, 0.2) is 0 Å². The van der Waals surface area contributed by atoms with Gasteiger partial charge in [0.2, 0.25) is 0 Å². The van der Waals surface area contributed by atoms with Gasteiger partial charge in [0, 0.05) is 12.5 Å². The van der Waals surface area contributed by atoms with E-state index >= 15 is 0 Å². The lowest BCUT2D eigenvalue weighted by atomic mass is 9.97. The molecule has 0 aliphatic carbocycles. The van der Waals surface area contributed by atoms with Crippen molar-refractivity contribution < 1.29 is 4.74 Å². The minimum atomic E-state index is 0. The molecule has 1 aliphatic rings. The molecule has 0 spiro atoms. The van der Waals surface area contributed by atoms with Crippen molar-refractivity contribution in [2.45, 2.75) is 18.9 Å². The maximum absolute atomic E-state index is 6.28.